The van der Waals surface area contributed by atoms with Gasteiger partial charge in [-0.1, -0.05) is 12.1 Å². The summed E-state index contributed by atoms with van der Waals surface area (Å²) in [6.07, 6.45) is 2.62. The number of rotatable bonds is 9. The largest absolute Gasteiger partial charge is 0.494 e. The summed E-state index contributed by atoms with van der Waals surface area (Å²) in [6, 6.07) is 6.22. The molecule has 0 aliphatic heterocycles. The molecule has 1 aromatic carbocycles. The van der Waals surface area contributed by atoms with E-state index >= 15 is 0 Å². The monoisotopic (exact) mass is 293 g/mol. The molecule has 0 aliphatic carbocycles. The van der Waals surface area contributed by atoms with E-state index in [-0.39, 0.29) is 5.91 Å². The Balaban J connectivity index is 2.10. The zero-order valence-electron chi connectivity index (χ0n) is 12.3. The lowest BCUT2D eigenvalue weighted by atomic mass is 10.1. The van der Waals surface area contributed by atoms with Crippen LogP contribution in [0.3, 0.4) is 0 Å². The van der Waals surface area contributed by atoms with Crippen molar-refractivity contribution in [2.24, 2.45) is 0 Å². The van der Waals surface area contributed by atoms with Gasteiger partial charge in [0.05, 0.1) is 12.4 Å². The second-order valence-electron chi connectivity index (χ2n) is 4.67. The first-order valence-electron chi connectivity index (χ1n) is 6.78. The number of carbonyl (C=O) groups excluding carboxylic acids is 1. The number of nitrogens with one attached hydrogen (secondary N) is 1. The number of hydrogen-bond donors (Lipinski definition) is 1. The van der Waals surface area contributed by atoms with E-state index in [4.69, 9.17) is 4.74 Å². The first-order chi connectivity index (χ1) is 9.61. The van der Waals surface area contributed by atoms with E-state index < -0.39 is 0 Å². The number of ether oxygens (including phenoxy) is 1. The average Bonchev–Trinajstić information content (AvgIpc) is 2.39. The van der Waals surface area contributed by atoms with Gasteiger partial charge in [-0.25, -0.2) is 0 Å². The van der Waals surface area contributed by atoms with E-state index in [0.717, 1.165) is 17.9 Å². The smallest absolute Gasteiger partial charge is 0.230 e. The molecule has 1 amide bonds. The zero-order valence-corrected chi connectivity index (χ0v) is 13.1. The van der Waals surface area contributed by atoms with E-state index in [2.05, 4.69) is 31.8 Å². The van der Waals surface area contributed by atoms with E-state index in [1.165, 1.54) is 11.1 Å². The molecule has 0 spiro atoms. The molecule has 1 N–H and O–H groups in total. The Hall–Kier alpha value is -1.42. The Labute approximate surface area is 125 Å². The van der Waals surface area contributed by atoms with E-state index in [0.29, 0.717) is 18.9 Å². The van der Waals surface area contributed by atoms with Gasteiger partial charge in [0.15, 0.2) is 0 Å². The van der Waals surface area contributed by atoms with E-state index in [1.807, 2.05) is 12.1 Å². The van der Waals surface area contributed by atoms with Gasteiger partial charge in [0.25, 0.3) is 0 Å². The minimum absolute atomic E-state index is 0.0603. The normalized spacial score (nSPS) is 10.1. The van der Waals surface area contributed by atoms with E-state index in [1.54, 1.807) is 17.8 Å². The highest BCUT2D eigenvalue weighted by Crippen LogP contribution is 2.16. The second kappa shape index (κ2) is 9.48. The Bertz CT molecular complexity index is 426. The summed E-state index contributed by atoms with van der Waals surface area (Å²) in [5.74, 6) is 2.41. The van der Waals surface area contributed by atoms with Crippen LogP contribution in [0.5, 0.6) is 5.75 Å². The van der Waals surface area contributed by atoms with Crippen molar-refractivity contribution in [2.45, 2.75) is 20.3 Å². The summed E-state index contributed by atoms with van der Waals surface area (Å²) in [6.45, 7) is 8.91. The third kappa shape index (κ3) is 7.24. The lowest BCUT2D eigenvalue weighted by Crippen LogP contribution is -2.25. The van der Waals surface area contributed by atoms with Crippen LogP contribution in [-0.2, 0) is 4.79 Å². The Morgan fingerprint density at radius 2 is 2.05 bits per heavy atom. The molecule has 0 heterocycles. The number of carbonyl (C=O) groups is 1. The molecule has 0 saturated carbocycles. The Morgan fingerprint density at radius 3 is 2.70 bits per heavy atom. The molecule has 20 heavy (non-hydrogen) atoms. The maximum absolute atomic E-state index is 11.3. The van der Waals surface area contributed by atoms with Crippen molar-refractivity contribution < 1.29 is 9.53 Å². The standard InChI is InChI=1S/C16H23NO2S/c1-4-6-17-16(18)12-20-8-5-7-19-15-10-13(2)9-14(3)11-15/h4,9-11H,1,5-8,12H2,2-3H3,(H,17,18). The summed E-state index contributed by atoms with van der Waals surface area (Å²) in [7, 11) is 0. The van der Waals surface area contributed by atoms with Gasteiger partial charge in [0, 0.05) is 6.54 Å². The predicted octanol–water partition coefficient (Wildman–Crippen LogP) is 3.11. The summed E-state index contributed by atoms with van der Waals surface area (Å²) in [5, 5.41) is 2.75. The van der Waals surface area contributed by atoms with Crippen molar-refractivity contribution in [2.75, 3.05) is 24.7 Å². The van der Waals surface area contributed by atoms with E-state index in [9.17, 15) is 4.79 Å². The molecule has 4 heteroatoms. The van der Waals surface area contributed by atoms with Crippen LogP contribution >= 0.6 is 11.8 Å². The van der Waals surface area contributed by atoms with Gasteiger partial charge in [-0.05, 0) is 49.3 Å². The minimum atomic E-state index is 0.0603. The summed E-state index contributed by atoms with van der Waals surface area (Å²) in [5.41, 5.74) is 2.43. The fraction of sp³-hybridized carbons (Fsp3) is 0.438. The van der Waals surface area contributed by atoms with Crippen molar-refractivity contribution in [3.63, 3.8) is 0 Å². The van der Waals surface area contributed by atoms with Gasteiger partial charge in [-0.15, -0.1) is 6.58 Å². The first kappa shape index (κ1) is 16.6. The molecular weight excluding hydrogens is 270 g/mol. The molecule has 0 bridgehead atoms. The molecule has 0 aliphatic rings. The molecule has 1 rings (SSSR count). The highest BCUT2D eigenvalue weighted by Gasteiger charge is 2.00. The fourth-order valence-corrected chi connectivity index (χ4v) is 2.52. The third-order valence-electron chi connectivity index (χ3n) is 2.57. The number of aryl methyl sites for hydroxylation is 2. The molecule has 0 saturated heterocycles. The molecule has 3 nitrogen and oxygen atoms in total. The highest BCUT2D eigenvalue weighted by atomic mass is 32.2. The average molecular weight is 293 g/mol. The van der Waals surface area contributed by atoms with Crippen LogP contribution in [0, 0.1) is 13.8 Å². The SMILES string of the molecule is C=CCNC(=O)CSCCCOc1cc(C)cc(C)c1. The lowest BCUT2D eigenvalue weighted by molar-refractivity contribution is -0.118. The van der Waals surface area contributed by atoms with Gasteiger partial charge in [0.2, 0.25) is 5.91 Å². The number of amides is 1. The molecule has 0 atom stereocenters. The van der Waals surface area contributed by atoms with Crippen molar-refractivity contribution in [3.05, 3.63) is 42.0 Å². The molecule has 1 aromatic rings. The van der Waals surface area contributed by atoms with Crippen molar-refractivity contribution >= 4 is 17.7 Å². The van der Waals surface area contributed by atoms with Gasteiger partial charge in [0.1, 0.15) is 5.75 Å². The predicted molar refractivity (Wildman–Crippen MR) is 86.6 cm³/mol. The molecule has 0 fully saturated rings. The first-order valence-corrected chi connectivity index (χ1v) is 7.93. The quantitative estimate of drug-likeness (QED) is 0.561. The maximum atomic E-state index is 11.3. The minimum Gasteiger partial charge on any atom is -0.494 e. The molecular formula is C16H23NO2S. The maximum Gasteiger partial charge on any atom is 0.230 e. The zero-order chi connectivity index (χ0) is 14.8. The Kier molecular flexibility index (Phi) is 7.88. The van der Waals surface area contributed by atoms with Crippen LogP contribution in [0.15, 0.2) is 30.9 Å². The van der Waals surface area contributed by atoms with Crippen molar-refractivity contribution in [1.29, 1.82) is 0 Å². The highest BCUT2D eigenvalue weighted by molar-refractivity contribution is 7.99. The van der Waals surface area contributed by atoms with Crippen LogP contribution < -0.4 is 10.1 Å². The van der Waals surface area contributed by atoms with Gasteiger partial charge in [-0.2, -0.15) is 11.8 Å². The van der Waals surface area contributed by atoms with Gasteiger partial charge < -0.3 is 10.1 Å². The van der Waals surface area contributed by atoms with Crippen molar-refractivity contribution in [3.8, 4) is 5.75 Å². The second-order valence-corrected chi connectivity index (χ2v) is 5.78. The molecule has 0 aromatic heterocycles. The Morgan fingerprint density at radius 1 is 1.35 bits per heavy atom. The number of benzene rings is 1. The van der Waals surface area contributed by atoms with Crippen LogP contribution in [0.1, 0.15) is 17.5 Å². The molecule has 110 valence electrons. The van der Waals surface area contributed by atoms with Crippen LogP contribution in [0.4, 0.5) is 0 Å². The van der Waals surface area contributed by atoms with Crippen LogP contribution in [0.2, 0.25) is 0 Å². The fourth-order valence-electron chi connectivity index (χ4n) is 1.77. The van der Waals surface area contributed by atoms with Crippen molar-refractivity contribution in [1.82, 2.24) is 5.32 Å². The van der Waals surface area contributed by atoms with Gasteiger partial charge in [-0.3, -0.25) is 4.79 Å². The summed E-state index contributed by atoms with van der Waals surface area (Å²) < 4.78 is 5.71. The number of thioether (sulfide) groups is 1. The number of hydrogen-bond acceptors (Lipinski definition) is 3. The van der Waals surface area contributed by atoms with Crippen LogP contribution in [0.25, 0.3) is 0 Å². The third-order valence-corrected chi connectivity index (χ3v) is 3.62. The topological polar surface area (TPSA) is 38.3 Å². The van der Waals surface area contributed by atoms with Crippen LogP contribution in [-0.4, -0.2) is 30.6 Å². The summed E-state index contributed by atoms with van der Waals surface area (Å²) in [4.78, 5) is 11.3. The molecule has 0 unspecified atom stereocenters. The summed E-state index contributed by atoms with van der Waals surface area (Å²) >= 11 is 1.63. The molecule has 0 radical (unpaired) electrons. The van der Waals surface area contributed by atoms with Gasteiger partial charge >= 0.3 is 0 Å². The lowest BCUT2D eigenvalue weighted by Gasteiger charge is -2.08.